The molecule has 0 atom stereocenters. The molecule has 0 saturated heterocycles. The number of hydrogen-bond acceptors (Lipinski definition) is 2. The van der Waals surface area contributed by atoms with E-state index in [2.05, 4.69) is 4.85 Å². The van der Waals surface area contributed by atoms with E-state index in [1.54, 1.807) is 48.5 Å². The van der Waals surface area contributed by atoms with Gasteiger partial charge in [-0.25, -0.2) is 4.85 Å². The van der Waals surface area contributed by atoms with E-state index in [4.69, 9.17) is 11.8 Å². The number of rotatable bonds is 2. The van der Waals surface area contributed by atoms with Gasteiger partial charge >= 0.3 is 6.92 Å². The molecule has 0 aliphatic heterocycles. The molecular formula is C14H9BN2O. The minimum Gasteiger partial charge on any atom is -0.443 e. The Bertz CT molecular complexity index is 598. The van der Waals surface area contributed by atoms with Crippen molar-refractivity contribution < 1.29 is 5.02 Å². The zero-order valence-corrected chi connectivity index (χ0v) is 9.54. The second-order valence-electron chi connectivity index (χ2n) is 3.85. The van der Waals surface area contributed by atoms with Crippen LogP contribution in [0.15, 0.2) is 48.5 Å². The van der Waals surface area contributed by atoms with E-state index in [1.807, 2.05) is 6.07 Å². The Balaban J connectivity index is 2.38. The van der Waals surface area contributed by atoms with E-state index >= 15 is 0 Å². The van der Waals surface area contributed by atoms with Gasteiger partial charge in [-0.3, -0.25) is 0 Å². The SMILES string of the molecule is [C-]#[N+]c1cccc(B(O)c2cccc(C#N)c2)c1. The maximum Gasteiger partial charge on any atom is 0.357 e. The first kappa shape index (κ1) is 11.9. The lowest BCUT2D eigenvalue weighted by Crippen LogP contribution is -2.42. The van der Waals surface area contributed by atoms with Crippen molar-refractivity contribution in [3.8, 4) is 6.07 Å². The van der Waals surface area contributed by atoms with Crippen molar-refractivity contribution in [3.05, 3.63) is 65.5 Å². The van der Waals surface area contributed by atoms with E-state index in [9.17, 15) is 5.02 Å². The van der Waals surface area contributed by atoms with Gasteiger partial charge in [0, 0.05) is 0 Å². The average Bonchev–Trinajstić information content (AvgIpc) is 2.46. The lowest BCUT2D eigenvalue weighted by Gasteiger charge is -2.07. The Morgan fingerprint density at radius 1 is 1.11 bits per heavy atom. The average molecular weight is 232 g/mol. The molecule has 18 heavy (non-hydrogen) atoms. The minimum absolute atomic E-state index is 0.489. The van der Waals surface area contributed by atoms with E-state index in [0.29, 0.717) is 22.2 Å². The van der Waals surface area contributed by atoms with Crippen LogP contribution in [0.25, 0.3) is 4.85 Å². The highest BCUT2D eigenvalue weighted by atomic mass is 16.2. The Labute approximate surface area is 106 Å². The molecule has 0 radical (unpaired) electrons. The van der Waals surface area contributed by atoms with Crippen LogP contribution in [-0.2, 0) is 0 Å². The molecule has 0 spiro atoms. The third kappa shape index (κ3) is 2.40. The molecule has 0 aliphatic carbocycles. The largest absolute Gasteiger partial charge is 0.443 e. The van der Waals surface area contributed by atoms with Crippen molar-refractivity contribution in [3.63, 3.8) is 0 Å². The number of benzene rings is 2. The summed E-state index contributed by atoms with van der Waals surface area (Å²) in [7, 11) is 0. The minimum atomic E-state index is -0.819. The zero-order chi connectivity index (χ0) is 13.0. The summed E-state index contributed by atoms with van der Waals surface area (Å²) < 4.78 is 0. The van der Waals surface area contributed by atoms with Gasteiger partial charge in [0.15, 0.2) is 5.69 Å². The second kappa shape index (κ2) is 5.18. The highest BCUT2D eigenvalue weighted by Crippen LogP contribution is 2.08. The van der Waals surface area contributed by atoms with Crippen molar-refractivity contribution in [2.45, 2.75) is 0 Å². The smallest absolute Gasteiger partial charge is 0.357 e. The summed E-state index contributed by atoms with van der Waals surface area (Å²) in [6.07, 6.45) is 0. The van der Waals surface area contributed by atoms with Crippen LogP contribution in [0.4, 0.5) is 5.69 Å². The fraction of sp³-hybridized carbons (Fsp3) is 0. The number of nitrogens with zero attached hydrogens (tertiary/aromatic N) is 2. The number of nitriles is 1. The molecule has 0 saturated carbocycles. The first-order valence-corrected chi connectivity index (χ1v) is 5.40. The molecule has 0 amide bonds. The van der Waals surface area contributed by atoms with Crippen LogP contribution in [-0.4, -0.2) is 11.9 Å². The van der Waals surface area contributed by atoms with E-state index in [1.165, 1.54) is 0 Å². The Morgan fingerprint density at radius 2 is 1.78 bits per heavy atom. The van der Waals surface area contributed by atoms with Gasteiger partial charge in [-0.2, -0.15) is 5.26 Å². The van der Waals surface area contributed by atoms with Crippen LogP contribution in [0.1, 0.15) is 5.56 Å². The summed E-state index contributed by atoms with van der Waals surface area (Å²) in [4.78, 5) is 3.33. The first-order valence-electron chi connectivity index (χ1n) is 5.40. The maximum atomic E-state index is 10.2. The predicted octanol–water partition coefficient (Wildman–Crippen LogP) is 1.21. The lowest BCUT2D eigenvalue weighted by atomic mass is 9.56. The molecule has 2 aromatic carbocycles. The maximum absolute atomic E-state index is 10.2. The van der Waals surface area contributed by atoms with Gasteiger partial charge in [0.1, 0.15) is 0 Å². The van der Waals surface area contributed by atoms with Crippen molar-refractivity contribution in [1.82, 2.24) is 0 Å². The second-order valence-corrected chi connectivity index (χ2v) is 3.85. The van der Waals surface area contributed by atoms with Crippen molar-refractivity contribution in [1.29, 1.82) is 5.26 Å². The summed E-state index contributed by atoms with van der Waals surface area (Å²) in [5.41, 5.74) is 2.30. The number of hydrogen-bond donors (Lipinski definition) is 1. The molecule has 0 aliphatic rings. The van der Waals surface area contributed by atoms with Crippen molar-refractivity contribution >= 4 is 23.5 Å². The van der Waals surface area contributed by atoms with Crippen LogP contribution in [0.2, 0.25) is 0 Å². The van der Waals surface area contributed by atoms with Crippen LogP contribution >= 0.6 is 0 Å². The molecule has 1 N–H and O–H groups in total. The molecular weight excluding hydrogens is 223 g/mol. The Kier molecular flexibility index (Phi) is 3.43. The van der Waals surface area contributed by atoms with Crippen LogP contribution < -0.4 is 10.9 Å². The summed E-state index contributed by atoms with van der Waals surface area (Å²) in [6.45, 7) is 6.13. The fourth-order valence-electron chi connectivity index (χ4n) is 1.74. The summed E-state index contributed by atoms with van der Waals surface area (Å²) >= 11 is 0. The monoisotopic (exact) mass is 232 g/mol. The van der Waals surface area contributed by atoms with E-state index < -0.39 is 6.92 Å². The predicted molar refractivity (Wildman–Crippen MR) is 71.1 cm³/mol. The highest BCUT2D eigenvalue weighted by molar-refractivity contribution is 6.79. The standard InChI is InChI=1S/C14H9BN2O/c1-17-14-7-3-6-13(9-14)15(18)12-5-2-4-11(8-12)10-16/h2-9,18H. The van der Waals surface area contributed by atoms with Crippen LogP contribution in [0.3, 0.4) is 0 Å². The van der Waals surface area contributed by atoms with Crippen LogP contribution in [0, 0.1) is 17.9 Å². The van der Waals surface area contributed by atoms with Gasteiger partial charge in [-0.15, -0.1) is 0 Å². The topological polar surface area (TPSA) is 48.4 Å². The van der Waals surface area contributed by atoms with Gasteiger partial charge in [0.25, 0.3) is 0 Å². The highest BCUT2D eigenvalue weighted by Gasteiger charge is 2.17. The molecule has 0 fully saturated rings. The summed E-state index contributed by atoms with van der Waals surface area (Å²) in [6, 6.07) is 15.7. The molecule has 0 unspecified atom stereocenters. The van der Waals surface area contributed by atoms with Gasteiger partial charge in [0.05, 0.1) is 18.2 Å². The Hall–Kier alpha value is -2.56. The van der Waals surface area contributed by atoms with E-state index in [-0.39, 0.29) is 0 Å². The first-order chi connectivity index (χ1) is 8.74. The third-order valence-corrected chi connectivity index (χ3v) is 2.65. The molecule has 3 nitrogen and oxygen atoms in total. The molecule has 4 heteroatoms. The van der Waals surface area contributed by atoms with Crippen molar-refractivity contribution in [2.24, 2.45) is 0 Å². The van der Waals surface area contributed by atoms with Gasteiger partial charge in [-0.05, 0) is 17.6 Å². The Morgan fingerprint density at radius 3 is 2.44 bits per heavy atom. The molecule has 0 heterocycles. The normalized spacial score (nSPS) is 9.28. The van der Waals surface area contributed by atoms with E-state index in [0.717, 1.165) is 0 Å². The van der Waals surface area contributed by atoms with Gasteiger partial charge in [-0.1, -0.05) is 41.9 Å². The van der Waals surface area contributed by atoms with Gasteiger partial charge < -0.3 is 5.02 Å². The third-order valence-electron chi connectivity index (χ3n) is 2.65. The molecule has 84 valence electrons. The molecule has 0 bridgehead atoms. The summed E-state index contributed by atoms with van der Waals surface area (Å²) in [5, 5.41) is 19.0. The lowest BCUT2D eigenvalue weighted by molar-refractivity contribution is 0.600. The fourth-order valence-corrected chi connectivity index (χ4v) is 1.74. The quantitative estimate of drug-likeness (QED) is 0.624. The molecule has 2 aromatic rings. The van der Waals surface area contributed by atoms with Crippen molar-refractivity contribution in [2.75, 3.05) is 0 Å². The zero-order valence-electron chi connectivity index (χ0n) is 9.54. The molecule has 2 rings (SSSR count). The van der Waals surface area contributed by atoms with Gasteiger partial charge in [0.2, 0.25) is 0 Å². The molecule has 0 aromatic heterocycles. The summed E-state index contributed by atoms with van der Waals surface area (Å²) in [5.74, 6) is 0. The van der Waals surface area contributed by atoms with Crippen LogP contribution in [0.5, 0.6) is 0 Å².